The van der Waals surface area contributed by atoms with Crippen molar-refractivity contribution in [3.8, 4) is 6.07 Å². The number of hydrogen-bond donors (Lipinski definition) is 4. The predicted octanol–water partition coefficient (Wildman–Crippen LogP) is 1.85. The van der Waals surface area contributed by atoms with Crippen LogP contribution < -0.4 is 16.0 Å². The normalized spacial score (nSPS) is 17.9. The van der Waals surface area contributed by atoms with Gasteiger partial charge in [-0.15, -0.1) is 0 Å². The second-order valence-corrected chi connectivity index (χ2v) is 8.13. The maximum Gasteiger partial charge on any atom is 0.268 e. The molecule has 1 saturated heterocycles. The van der Waals surface area contributed by atoms with Crippen LogP contribution in [-0.4, -0.2) is 41.3 Å². The summed E-state index contributed by atoms with van der Waals surface area (Å²) in [5.74, 6) is -1.01. The van der Waals surface area contributed by atoms with Gasteiger partial charge in [0.2, 0.25) is 11.8 Å². The molecule has 1 fully saturated rings. The zero-order valence-electron chi connectivity index (χ0n) is 17.2. The van der Waals surface area contributed by atoms with Crippen LogP contribution in [-0.2, 0) is 9.59 Å². The fourth-order valence-electron chi connectivity index (χ4n) is 3.71. The van der Waals surface area contributed by atoms with Crippen LogP contribution in [0.5, 0.6) is 0 Å². The van der Waals surface area contributed by atoms with E-state index in [1.165, 1.54) is 0 Å². The largest absolute Gasteiger partial charge is 0.356 e. The minimum atomic E-state index is -0.786. The van der Waals surface area contributed by atoms with Crippen molar-refractivity contribution in [3.05, 3.63) is 36.0 Å². The van der Waals surface area contributed by atoms with Crippen molar-refractivity contribution >= 4 is 28.6 Å². The molecule has 158 valence electrons. The van der Waals surface area contributed by atoms with Gasteiger partial charge in [0.15, 0.2) is 0 Å². The van der Waals surface area contributed by atoms with Crippen LogP contribution in [0.2, 0.25) is 0 Å². The van der Waals surface area contributed by atoms with E-state index >= 15 is 0 Å². The molecular formula is C22H27N5O3. The summed E-state index contributed by atoms with van der Waals surface area (Å²) in [5, 5.41) is 18.6. The molecule has 3 atom stereocenters. The van der Waals surface area contributed by atoms with Gasteiger partial charge in [-0.05, 0) is 37.3 Å². The molecule has 1 aromatic heterocycles. The molecule has 8 nitrogen and oxygen atoms in total. The van der Waals surface area contributed by atoms with E-state index in [1.807, 2.05) is 38.1 Å². The summed E-state index contributed by atoms with van der Waals surface area (Å²) in [7, 11) is 0. The van der Waals surface area contributed by atoms with E-state index in [0.29, 0.717) is 25.1 Å². The molecule has 2 heterocycles. The lowest BCUT2D eigenvalue weighted by Gasteiger charge is -2.22. The average molecular weight is 409 g/mol. The highest BCUT2D eigenvalue weighted by Crippen LogP contribution is 2.17. The Morgan fingerprint density at radius 2 is 2.03 bits per heavy atom. The van der Waals surface area contributed by atoms with Gasteiger partial charge in [0.25, 0.3) is 5.91 Å². The lowest BCUT2D eigenvalue weighted by molar-refractivity contribution is -0.125. The van der Waals surface area contributed by atoms with E-state index in [1.54, 1.807) is 6.07 Å². The minimum absolute atomic E-state index is 0.0876. The summed E-state index contributed by atoms with van der Waals surface area (Å²) in [5.41, 5.74) is 1.21. The quantitative estimate of drug-likeness (QED) is 0.530. The summed E-state index contributed by atoms with van der Waals surface area (Å²) < 4.78 is 0. The van der Waals surface area contributed by atoms with Gasteiger partial charge in [0.05, 0.1) is 6.07 Å². The van der Waals surface area contributed by atoms with Crippen molar-refractivity contribution in [3.63, 3.8) is 0 Å². The van der Waals surface area contributed by atoms with Crippen molar-refractivity contribution in [2.75, 3.05) is 6.54 Å². The summed E-state index contributed by atoms with van der Waals surface area (Å²) in [6.07, 6.45) is 1.34. The summed E-state index contributed by atoms with van der Waals surface area (Å²) in [6, 6.07) is 9.78. The molecule has 0 saturated carbocycles. The third-order valence-corrected chi connectivity index (χ3v) is 5.26. The van der Waals surface area contributed by atoms with E-state index in [4.69, 9.17) is 0 Å². The highest BCUT2D eigenvalue weighted by molar-refractivity contribution is 6.00. The van der Waals surface area contributed by atoms with Gasteiger partial charge in [-0.3, -0.25) is 14.4 Å². The maximum absolute atomic E-state index is 12.9. The number of nitrogens with one attached hydrogen (secondary N) is 4. The molecule has 30 heavy (non-hydrogen) atoms. The van der Waals surface area contributed by atoms with Gasteiger partial charge in [-0.25, -0.2) is 0 Å². The number of nitrogens with zero attached hydrogens (tertiary/aromatic N) is 1. The Bertz CT molecular complexity index is 942. The van der Waals surface area contributed by atoms with E-state index in [-0.39, 0.29) is 30.1 Å². The van der Waals surface area contributed by atoms with E-state index < -0.39 is 18.0 Å². The Balaban J connectivity index is 1.67. The van der Waals surface area contributed by atoms with Crippen molar-refractivity contribution in [1.82, 2.24) is 20.9 Å². The molecule has 0 aliphatic carbocycles. The zero-order chi connectivity index (χ0) is 21.7. The number of carbonyl (C=O) groups is 3. The van der Waals surface area contributed by atoms with Crippen molar-refractivity contribution in [2.45, 2.75) is 45.2 Å². The summed E-state index contributed by atoms with van der Waals surface area (Å²) >= 11 is 0. The lowest BCUT2D eigenvalue weighted by atomic mass is 9.98. The van der Waals surface area contributed by atoms with Crippen molar-refractivity contribution < 1.29 is 14.4 Å². The molecule has 2 aromatic rings. The first-order chi connectivity index (χ1) is 14.4. The third kappa shape index (κ3) is 5.17. The van der Waals surface area contributed by atoms with Gasteiger partial charge < -0.3 is 20.9 Å². The number of fused-ring (bicyclic) bond motifs is 1. The van der Waals surface area contributed by atoms with Crippen LogP contribution in [0.15, 0.2) is 30.3 Å². The Kier molecular flexibility index (Phi) is 6.72. The third-order valence-electron chi connectivity index (χ3n) is 5.26. The molecule has 8 heteroatoms. The number of nitriles is 1. The molecule has 1 aliphatic rings. The number of aromatic amines is 1. The van der Waals surface area contributed by atoms with Gasteiger partial charge in [0.1, 0.15) is 17.8 Å². The molecule has 0 spiro atoms. The molecule has 0 bridgehead atoms. The first-order valence-corrected chi connectivity index (χ1v) is 10.2. The highest BCUT2D eigenvalue weighted by Gasteiger charge is 2.30. The molecule has 3 amide bonds. The molecule has 1 aromatic carbocycles. The zero-order valence-corrected chi connectivity index (χ0v) is 17.2. The van der Waals surface area contributed by atoms with E-state index in [2.05, 4.69) is 27.0 Å². The first kappa shape index (κ1) is 21.4. The monoisotopic (exact) mass is 409 g/mol. The van der Waals surface area contributed by atoms with Crippen LogP contribution in [0.1, 0.15) is 43.6 Å². The van der Waals surface area contributed by atoms with Gasteiger partial charge in [-0.1, -0.05) is 32.0 Å². The second-order valence-electron chi connectivity index (χ2n) is 8.13. The first-order valence-electron chi connectivity index (χ1n) is 10.2. The number of amides is 3. The van der Waals surface area contributed by atoms with Gasteiger partial charge >= 0.3 is 0 Å². The molecule has 3 unspecified atom stereocenters. The number of para-hydroxylation sites is 1. The maximum atomic E-state index is 12.9. The van der Waals surface area contributed by atoms with Crippen LogP contribution in [0.4, 0.5) is 0 Å². The number of hydrogen-bond acceptors (Lipinski definition) is 4. The van der Waals surface area contributed by atoms with Crippen molar-refractivity contribution in [1.29, 1.82) is 5.26 Å². The predicted molar refractivity (Wildman–Crippen MR) is 112 cm³/mol. The van der Waals surface area contributed by atoms with E-state index in [0.717, 1.165) is 10.9 Å². The lowest BCUT2D eigenvalue weighted by Crippen LogP contribution is -2.50. The number of rotatable bonds is 8. The summed E-state index contributed by atoms with van der Waals surface area (Å²) in [4.78, 5) is 40.4. The van der Waals surface area contributed by atoms with Crippen LogP contribution in [0.3, 0.4) is 0 Å². The highest BCUT2D eigenvalue weighted by atomic mass is 16.2. The van der Waals surface area contributed by atoms with Gasteiger partial charge in [-0.2, -0.15) is 5.26 Å². The molecule has 0 radical (unpaired) electrons. The number of benzene rings is 1. The molecular weight excluding hydrogens is 382 g/mol. The van der Waals surface area contributed by atoms with Crippen LogP contribution >= 0.6 is 0 Å². The fraction of sp³-hybridized carbons (Fsp3) is 0.455. The number of aromatic nitrogens is 1. The Labute approximate surface area is 175 Å². The van der Waals surface area contributed by atoms with Crippen LogP contribution in [0.25, 0.3) is 10.9 Å². The standard InChI is InChI=1S/C22H27N5O3/c1-13(2)9-18(21(29)25-16(12-23)10-15-7-8-24-20(15)28)27-22(30)19-11-14-5-3-4-6-17(14)26-19/h3-6,11,13,15-16,18,26H,7-10H2,1-2H3,(H,24,28)(H,25,29)(H,27,30). The Morgan fingerprint density at radius 3 is 2.67 bits per heavy atom. The second kappa shape index (κ2) is 9.44. The van der Waals surface area contributed by atoms with Crippen molar-refractivity contribution in [2.24, 2.45) is 11.8 Å². The number of carbonyl (C=O) groups excluding carboxylic acids is 3. The topological polar surface area (TPSA) is 127 Å². The smallest absolute Gasteiger partial charge is 0.268 e. The molecule has 4 N–H and O–H groups in total. The summed E-state index contributed by atoms with van der Waals surface area (Å²) in [6.45, 7) is 4.51. The Morgan fingerprint density at radius 1 is 1.27 bits per heavy atom. The molecule has 3 rings (SSSR count). The number of H-pyrrole nitrogens is 1. The van der Waals surface area contributed by atoms with Crippen LogP contribution in [0, 0.1) is 23.2 Å². The Hall–Kier alpha value is -3.34. The minimum Gasteiger partial charge on any atom is -0.356 e. The van der Waals surface area contributed by atoms with E-state index in [9.17, 15) is 19.6 Å². The molecule has 1 aliphatic heterocycles. The SMILES string of the molecule is CC(C)CC(NC(=O)c1cc2ccccc2[nH]1)C(=O)NC(C#N)CC1CCNC1=O. The van der Waals surface area contributed by atoms with Gasteiger partial charge in [0, 0.05) is 23.4 Å². The average Bonchev–Trinajstić information content (AvgIpc) is 3.32. The fourth-order valence-corrected chi connectivity index (χ4v) is 3.71.